The van der Waals surface area contributed by atoms with E-state index in [2.05, 4.69) is 15.2 Å². The van der Waals surface area contributed by atoms with Crippen LogP contribution in [0.1, 0.15) is 50.6 Å². The predicted molar refractivity (Wildman–Crippen MR) is 119 cm³/mol. The zero-order valence-corrected chi connectivity index (χ0v) is 18.7. The van der Waals surface area contributed by atoms with Crippen LogP contribution in [0.15, 0.2) is 17.6 Å². The van der Waals surface area contributed by atoms with Gasteiger partial charge < -0.3 is 15.0 Å². The SMILES string of the molecule is COC(=O)C[C@H]1C[C@@H](C2CCCCC2)CN(c2nc(C)cc(Nc3nccs3)n2)C1. The highest BCUT2D eigenvalue weighted by molar-refractivity contribution is 7.13. The van der Waals surface area contributed by atoms with Gasteiger partial charge in [0.05, 0.1) is 13.5 Å². The Morgan fingerprint density at radius 2 is 2.07 bits per heavy atom. The molecule has 2 aromatic heterocycles. The molecule has 7 nitrogen and oxygen atoms in total. The lowest BCUT2D eigenvalue weighted by Crippen LogP contribution is -2.45. The molecule has 0 spiro atoms. The molecular formula is C22H31N5O2S. The first-order chi connectivity index (χ1) is 14.6. The molecule has 1 aliphatic carbocycles. The number of esters is 1. The maximum Gasteiger partial charge on any atom is 0.305 e. The lowest BCUT2D eigenvalue weighted by atomic mass is 9.73. The van der Waals surface area contributed by atoms with E-state index >= 15 is 0 Å². The number of ether oxygens (including phenoxy) is 1. The van der Waals surface area contributed by atoms with Crippen molar-refractivity contribution in [2.45, 2.75) is 51.9 Å². The normalized spacial score (nSPS) is 22.7. The van der Waals surface area contributed by atoms with E-state index in [1.807, 2.05) is 18.4 Å². The molecule has 1 aliphatic heterocycles. The van der Waals surface area contributed by atoms with Gasteiger partial charge in [-0.05, 0) is 31.1 Å². The highest BCUT2D eigenvalue weighted by Gasteiger charge is 2.35. The number of hydrogen-bond acceptors (Lipinski definition) is 8. The molecule has 3 heterocycles. The van der Waals surface area contributed by atoms with Crippen molar-refractivity contribution in [3.05, 3.63) is 23.3 Å². The maximum atomic E-state index is 12.0. The average molecular weight is 430 g/mol. The summed E-state index contributed by atoms with van der Waals surface area (Å²) in [4.78, 5) is 28.1. The summed E-state index contributed by atoms with van der Waals surface area (Å²) in [5.74, 6) is 2.96. The van der Waals surface area contributed by atoms with E-state index in [-0.39, 0.29) is 11.9 Å². The molecule has 30 heavy (non-hydrogen) atoms. The number of rotatable bonds is 6. The number of hydrogen-bond donors (Lipinski definition) is 1. The molecule has 0 bridgehead atoms. The molecule has 2 aromatic rings. The first-order valence-electron chi connectivity index (χ1n) is 10.9. The minimum absolute atomic E-state index is 0.125. The Hall–Kier alpha value is -2.22. The molecule has 2 atom stereocenters. The van der Waals surface area contributed by atoms with E-state index in [0.29, 0.717) is 12.3 Å². The number of anilines is 3. The van der Waals surface area contributed by atoms with Crippen LogP contribution in [-0.4, -0.2) is 41.1 Å². The van der Waals surface area contributed by atoms with Crippen molar-refractivity contribution in [3.8, 4) is 0 Å². The highest BCUT2D eigenvalue weighted by atomic mass is 32.1. The van der Waals surface area contributed by atoms with Crippen LogP contribution < -0.4 is 10.2 Å². The standard InChI is InChI=1S/C22H31N5O2S/c1-15-10-19(26-22-23-8-9-30-22)25-21(24-15)27-13-16(12-20(28)29-2)11-18(14-27)17-6-4-3-5-7-17/h8-10,16-18H,3-7,11-14H2,1-2H3,(H,23,24,25,26)/t16-,18-/m1/s1. The van der Waals surface area contributed by atoms with Gasteiger partial charge >= 0.3 is 5.97 Å². The fraction of sp³-hybridized carbons (Fsp3) is 0.636. The van der Waals surface area contributed by atoms with Crippen LogP contribution in [-0.2, 0) is 9.53 Å². The van der Waals surface area contributed by atoms with E-state index in [0.717, 1.165) is 48.0 Å². The smallest absolute Gasteiger partial charge is 0.305 e. The van der Waals surface area contributed by atoms with Crippen LogP contribution in [0.4, 0.5) is 16.9 Å². The minimum atomic E-state index is -0.125. The second-order valence-corrected chi connectivity index (χ2v) is 9.50. The maximum absolute atomic E-state index is 12.0. The van der Waals surface area contributed by atoms with Crippen molar-refractivity contribution in [2.75, 3.05) is 30.4 Å². The van der Waals surface area contributed by atoms with Gasteiger partial charge in [-0.1, -0.05) is 32.1 Å². The molecule has 1 saturated heterocycles. The first-order valence-corrected chi connectivity index (χ1v) is 11.8. The summed E-state index contributed by atoms with van der Waals surface area (Å²) in [5.41, 5.74) is 0.920. The Morgan fingerprint density at radius 3 is 2.80 bits per heavy atom. The third-order valence-electron chi connectivity index (χ3n) is 6.36. The van der Waals surface area contributed by atoms with E-state index in [4.69, 9.17) is 14.7 Å². The number of nitrogens with zero attached hydrogens (tertiary/aromatic N) is 4. The molecule has 0 radical (unpaired) electrons. The summed E-state index contributed by atoms with van der Waals surface area (Å²) in [6.45, 7) is 3.74. The third-order valence-corrected chi connectivity index (χ3v) is 7.05. The molecule has 8 heteroatoms. The second-order valence-electron chi connectivity index (χ2n) is 8.60. The minimum Gasteiger partial charge on any atom is -0.469 e. The van der Waals surface area contributed by atoms with Gasteiger partial charge in [0.2, 0.25) is 5.95 Å². The predicted octanol–water partition coefficient (Wildman–Crippen LogP) is 4.57. The number of carbonyl (C=O) groups is 1. The molecular weight excluding hydrogens is 398 g/mol. The lowest BCUT2D eigenvalue weighted by Gasteiger charge is -2.42. The molecule has 0 amide bonds. The first kappa shape index (κ1) is 21.0. The summed E-state index contributed by atoms with van der Waals surface area (Å²) in [6, 6.07) is 1.94. The van der Waals surface area contributed by atoms with Crippen LogP contribution in [0.2, 0.25) is 0 Å². The summed E-state index contributed by atoms with van der Waals surface area (Å²) in [7, 11) is 1.47. The number of aryl methyl sites for hydroxylation is 1. The molecule has 2 fully saturated rings. The van der Waals surface area contributed by atoms with Crippen molar-refractivity contribution in [1.29, 1.82) is 0 Å². The Bertz CT molecular complexity index is 838. The quantitative estimate of drug-likeness (QED) is 0.674. The fourth-order valence-corrected chi connectivity index (χ4v) is 5.51. The van der Waals surface area contributed by atoms with Crippen LogP contribution in [0.25, 0.3) is 0 Å². The summed E-state index contributed by atoms with van der Waals surface area (Å²) in [6.07, 6.45) is 9.93. The molecule has 0 unspecified atom stereocenters. The third kappa shape index (κ3) is 5.28. The fourth-order valence-electron chi connectivity index (χ4n) is 4.98. The zero-order valence-electron chi connectivity index (χ0n) is 17.8. The Labute approximate surface area is 182 Å². The highest BCUT2D eigenvalue weighted by Crippen LogP contribution is 2.38. The Morgan fingerprint density at radius 1 is 1.23 bits per heavy atom. The molecule has 4 rings (SSSR count). The Balaban J connectivity index is 1.55. The lowest BCUT2D eigenvalue weighted by molar-refractivity contribution is -0.141. The van der Waals surface area contributed by atoms with Crippen LogP contribution in [0.5, 0.6) is 0 Å². The number of methoxy groups -OCH3 is 1. The van der Waals surface area contributed by atoms with Gasteiger partial charge in [0, 0.05) is 36.4 Å². The summed E-state index contributed by atoms with van der Waals surface area (Å²) < 4.78 is 4.97. The molecule has 2 aliphatic rings. The number of aromatic nitrogens is 3. The van der Waals surface area contributed by atoms with E-state index in [9.17, 15) is 4.79 Å². The van der Waals surface area contributed by atoms with Crippen LogP contribution in [0, 0.1) is 24.7 Å². The van der Waals surface area contributed by atoms with Gasteiger partial charge in [0.25, 0.3) is 0 Å². The molecule has 0 aromatic carbocycles. The van der Waals surface area contributed by atoms with E-state index < -0.39 is 0 Å². The second kappa shape index (κ2) is 9.73. The Kier molecular flexibility index (Phi) is 6.82. The van der Waals surface area contributed by atoms with Gasteiger partial charge in [0.1, 0.15) is 5.82 Å². The van der Waals surface area contributed by atoms with E-state index in [1.165, 1.54) is 39.2 Å². The van der Waals surface area contributed by atoms with Crippen molar-refractivity contribution >= 4 is 34.2 Å². The molecule has 1 saturated carbocycles. The average Bonchev–Trinajstić information content (AvgIpc) is 3.26. The zero-order chi connectivity index (χ0) is 20.9. The van der Waals surface area contributed by atoms with Gasteiger partial charge in [-0.25, -0.2) is 9.97 Å². The summed E-state index contributed by atoms with van der Waals surface area (Å²) in [5, 5.41) is 6.05. The number of nitrogens with one attached hydrogen (secondary N) is 1. The van der Waals surface area contributed by atoms with Crippen LogP contribution in [0.3, 0.4) is 0 Å². The van der Waals surface area contributed by atoms with Crippen LogP contribution >= 0.6 is 11.3 Å². The van der Waals surface area contributed by atoms with E-state index in [1.54, 1.807) is 17.5 Å². The largest absolute Gasteiger partial charge is 0.469 e. The molecule has 1 N–H and O–H groups in total. The van der Waals surface area contributed by atoms with Crippen molar-refractivity contribution in [3.63, 3.8) is 0 Å². The van der Waals surface area contributed by atoms with Crippen molar-refractivity contribution in [1.82, 2.24) is 15.0 Å². The summed E-state index contributed by atoms with van der Waals surface area (Å²) >= 11 is 1.55. The number of thiazole rings is 1. The van der Waals surface area contributed by atoms with Gasteiger partial charge in [-0.3, -0.25) is 4.79 Å². The van der Waals surface area contributed by atoms with Gasteiger partial charge in [0.15, 0.2) is 5.13 Å². The topological polar surface area (TPSA) is 80.2 Å². The number of carbonyl (C=O) groups excluding carboxylic acids is 1. The van der Waals surface area contributed by atoms with Crippen molar-refractivity contribution in [2.24, 2.45) is 17.8 Å². The monoisotopic (exact) mass is 429 g/mol. The van der Waals surface area contributed by atoms with Crippen molar-refractivity contribution < 1.29 is 9.53 Å². The molecule has 162 valence electrons. The van der Waals surface area contributed by atoms with Gasteiger partial charge in [-0.15, -0.1) is 11.3 Å². The van der Waals surface area contributed by atoms with Gasteiger partial charge in [-0.2, -0.15) is 4.98 Å². The number of piperidine rings is 1.